The summed E-state index contributed by atoms with van der Waals surface area (Å²) in [5, 5.41) is 9.46. The Bertz CT molecular complexity index is 1860. The van der Waals surface area contributed by atoms with Crippen LogP contribution in [0.25, 0.3) is 11.1 Å². The van der Waals surface area contributed by atoms with Crippen molar-refractivity contribution in [3.63, 3.8) is 0 Å². The zero-order chi connectivity index (χ0) is 34.5. The van der Waals surface area contributed by atoms with Gasteiger partial charge in [-0.1, -0.05) is 50.2 Å². The molecular weight excluding hydrogens is 610 g/mol. The normalized spacial score (nSPS) is 14.9. The summed E-state index contributed by atoms with van der Waals surface area (Å²) < 4.78 is 19.1. The maximum absolute atomic E-state index is 14.0. The lowest BCUT2D eigenvalue weighted by molar-refractivity contribution is -0.123. The number of nitrogens with zero attached hydrogens (tertiary/aromatic N) is 2. The second-order valence-corrected chi connectivity index (χ2v) is 12.2. The quantitative estimate of drug-likeness (QED) is 0.208. The summed E-state index contributed by atoms with van der Waals surface area (Å²) in [5.41, 5.74) is 3.81. The number of aromatic nitrogens is 2. The number of hydrogen-bond acceptors (Lipinski definition) is 8. The number of carbonyl (C=O) groups is 2. The minimum Gasteiger partial charge on any atom is -0.493 e. The Hall–Kier alpha value is -5.32. The van der Waals surface area contributed by atoms with Crippen molar-refractivity contribution in [3.05, 3.63) is 99.7 Å². The molecule has 0 aliphatic heterocycles. The molecule has 0 saturated heterocycles. The van der Waals surface area contributed by atoms with Crippen molar-refractivity contribution in [3.8, 4) is 28.4 Å². The van der Waals surface area contributed by atoms with Crippen LogP contribution in [0.4, 0.5) is 5.69 Å². The number of ether oxygens (including phenoxy) is 3. The monoisotopic (exact) mass is 653 g/mol. The van der Waals surface area contributed by atoms with Gasteiger partial charge < -0.3 is 34.7 Å². The van der Waals surface area contributed by atoms with Gasteiger partial charge in [-0.3, -0.25) is 14.4 Å². The van der Waals surface area contributed by atoms with Crippen molar-refractivity contribution >= 4 is 17.5 Å². The van der Waals surface area contributed by atoms with Crippen LogP contribution in [0.2, 0.25) is 0 Å². The SMILES string of the molecule is COc1cc2c(c(OC)c1OC)-c1ccc(N[C@H](C(=O)N[C@@H](c3ccccc3)c3nccn3C)C(C)C)c(=O)cc1[C@@H](NC(C)=O)CC2. The molecule has 2 amide bonds. The molecule has 0 radical (unpaired) electrons. The van der Waals surface area contributed by atoms with Crippen LogP contribution in [0.1, 0.15) is 61.8 Å². The molecule has 0 saturated carbocycles. The number of rotatable bonds is 11. The first-order chi connectivity index (χ1) is 23.1. The van der Waals surface area contributed by atoms with E-state index in [1.165, 1.54) is 6.92 Å². The van der Waals surface area contributed by atoms with E-state index in [1.807, 2.05) is 74.1 Å². The highest BCUT2D eigenvalue weighted by molar-refractivity contribution is 5.86. The van der Waals surface area contributed by atoms with Gasteiger partial charge in [-0.15, -0.1) is 0 Å². The number of carbonyl (C=O) groups excluding carboxylic acids is 2. The summed E-state index contributed by atoms with van der Waals surface area (Å²) in [6, 6.07) is 14.9. The molecule has 11 heteroatoms. The van der Waals surface area contributed by atoms with Gasteiger partial charge in [0.05, 0.1) is 33.1 Å². The van der Waals surface area contributed by atoms with Crippen molar-refractivity contribution in [2.75, 3.05) is 26.6 Å². The third kappa shape index (κ3) is 6.85. The average molecular weight is 654 g/mol. The van der Waals surface area contributed by atoms with Crippen LogP contribution in [0, 0.1) is 5.92 Å². The summed E-state index contributed by atoms with van der Waals surface area (Å²) >= 11 is 0. The van der Waals surface area contributed by atoms with E-state index in [2.05, 4.69) is 20.9 Å². The number of benzene rings is 2. The van der Waals surface area contributed by atoms with Crippen molar-refractivity contribution in [1.29, 1.82) is 0 Å². The van der Waals surface area contributed by atoms with Gasteiger partial charge in [0, 0.05) is 31.9 Å². The van der Waals surface area contributed by atoms with Gasteiger partial charge >= 0.3 is 0 Å². The van der Waals surface area contributed by atoms with E-state index in [0.29, 0.717) is 47.0 Å². The summed E-state index contributed by atoms with van der Waals surface area (Å²) in [5.74, 6) is 1.40. The zero-order valence-corrected chi connectivity index (χ0v) is 28.4. The fraction of sp³-hybridized carbons (Fsp3) is 0.351. The van der Waals surface area contributed by atoms with Gasteiger partial charge in [0.2, 0.25) is 23.0 Å². The van der Waals surface area contributed by atoms with E-state index in [4.69, 9.17) is 14.2 Å². The Kier molecular flexibility index (Phi) is 10.4. The number of aryl methyl sites for hydroxylation is 2. The first-order valence-corrected chi connectivity index (χ1v) is 15.9. The van der Waals surface area contributed by atoms with Gasteiger partial charge in [0.15, 0.2) is 11.5 Å². The summed E-state index contributed by atoms with van der Waals surface area (Å²) in [4.78, 5) is 44.9. The largest absolute Gasteiger partial charge is 0.493 e. The Labute approximate surface area is 280 Å². The molecule has 0 fully saturated rings. The van der Waals surface area contributed by atoms with E-state index >= 15 is 0 Å². The van der Waals surface area contributed by atoms with Crippen LogP contribution in [0.5, 0.6) is 17.2 Å². The third-order valence-corrected chi connectivity index (χ3v) is 8.71. The average Bonchev–Trinajstić information content (AvgIpc) is 3.36. The van der Waals surface area contributed by atoms with Crippen LogP contribution in [0.3, 0.4) is 0 Å². The smallest absolute Gasteiger partial charge is 0.243 e. The standard InChI is InChI=1S/C37H43N5O6/c1-21(2)32(37(45)41-33(23-11-9-8-10-12-23)36-38-17-18-42(36)4)40-28-16-14-25-26(20-29(28)44)27(39-22(3)43)15-13-24-19-30(46-5)34(47-6)35(48-7)31(24)25/h8-12,14,16-21,27,32-33H,13,15H2,1-7H3,(H,39,43)(H,40,44)(H,41,45)/t27-,32-,33-/m0/s1. The van der Waals surface area contributed by atoms with Crippen molar-refractivity contribution in [2.45, 2.75) is 51.7 Å². The Balaban J connectivity index is 1.59. The molecule has 3 N–H and O–H groups in total. The van der Waals surface area contributed by atoms with Crippen molar-refractivity contribution < 1.29 is 23.8 Å². The molecule has 11 nitrogen and oxygen atoms in total. The number of anilines is 1. The number of nitrogens with one attached hydrogen (secondary N) is 3. The Morgan fingerprint density at radius 1 is 0.979 bits per heavy atom. The molecule has 1 aliphatic carbocycles. The molecule has 0 bridgehead atoms. The summed E-state index contributed by atoms with van der Waals surface area (Å²) in [6.07, 6.45) is 4.65. The molecule has 1 aromatic heterocycles. The number of fused-ring (bicyclic) bond motifs is 3. The number of imidazole rings is 1. The van der Waals surface area contributed by atoms with Crippen LogP contribution >= 0.6 is 0 Å². The molecule has 3 aromatic carbocycles. The second kappa shape index (κ2) is 14.6. The first kappa shape index (κ1) is 34.0. The predicted octanol–water partition coefficient (Wildman–Crippen LogP) is 4.94. The fourth-order valence-corrected chi connectivity index (χ4v) is 6.36. The van der Waals surface area contributed by atoms with Crippen LogP contribution in [0.15, 0.2) is 71.8 Å². The first-order valence-electron chi connectivity index (χ1n) is 15.9. The fourth-order valence-electron chi connectivity index (χ4n) is 6.36. The molecule has 0 unspecified atom stereocenters. The zero-order valence-electron chi connectivity index (χ0n) is 28.4. The topological polar surface area (TPSA) is 133 Å². The van der Waals surface area contributed by atoms with Crippen LogP contribution in [-0.4, -0.2) is 48.7 Å². The van der Waals surface area contributed by atoms with Gasteiger partial charge in [-0.2, -0.15) is 0 Å². The number of hydrogen-bond donors (Lipinski definition) is 3. The van der Waals surface area contributed by atoms with Crippen molar-refractivity contribution in [1.82, 2.24) is 20.2 Å². The highest BCUT2D eigenvalue weighted by atomic mass is 16.5. The van der Waals surface area contributed by atoms with Gasteiger partial charge in [-0.05, 0) is 59.2 Å². The second-order valence-electron chi connectivity index (χ2n) is 12.2. The highest BCUT2D eigenvalue weighted by Crippen LogP contribution is 2.50. The van der Waals surface area contributed by atoms with Gasteiger partial charge in [0.25, 0.3) is 0 Å². The molecule has 48 heavy (non-hydrogen) atoms. The Morgan fingerprint density at radius 2 is 1.71 bits per heavy atom. The number of methoxy groups -OCH3 is 3. The maximum atomic E-state index is 14.0. The lowest BCUT2D eigenvalue weighted by Crippen LogP contribution is -2.45. The minimum atomic E-state index is -0.760. The van der Waals surface area contributed by atoms with E-state index < -0.39 is 18.1 Å². The molecule has 3 atom stereocenters. The number of amides is 2. The van der Waals surface area contributed by atoms with E-state index in [0.717, 1.165) is 16.7 Å². The molecule has 1 heterocycles. The van der Waals surface area contributed by atoms with Crippen LogP contribution in [-0.2, 0) is 23.1 Å². The molecule has 5 rings (SSSR count). The molecule has 4 aromatic rings. The van der Waals surface area contributed by atoms with E-state index in [1.54, 1.807) is 39.7 Å². The lowest BCUT2D eigenvalue weighted by atomic mass is 9.95. The van der Waals surface area contributed by atoms with Gasteiger partial charge in [-0.25, -0.2) is 4.98 Å². The van der Waals surface area contributed by atoms with E-state index in [9.17, 15) is 14.4 Å². The predicted molar refractivity (Wildman–Crippen MR) is 185 cm³/mol. The van der Waals surface area contributed by atoms with Crippen LogP contribution < -0.4 is 35.6 Å². The minimum absolute atomic E-state index is 0.185. The maximum Gasteiger partial charge on any atom is 0.243 e. The van der Waals surface area contributed by atoms with Gasteiger partial charge in [0.1, 0.15) is 17.9 Å². The molecule has 1 aliphatic rings. The third-order valence-electron chi connectivity index (χ3n) is 8.71. The van der Waals surface area contributed by atoms with E-state index in [-0.39, 0.29) is 28.8 Å². The summed E-state index contributed by atoms with van der Waals surface area (Å²) in [7, 11) is 6.55. The Morgan fingerprint density at radius 3 is 2.31 bits per heavy atom. The highest BCUT2D eigenvalue weighted by Gasteiger charge is 2.31. The molecular formula is C37H43N5O6. The summed E-state index contributed by atoms with van der Waals surface area (Å²) in [6.45, 7) is 5.30. The molecule has 0 spiro atoms. The lowest BCUT2D eigenvalue weighted by Gasteiger charge is -2.26. The van der Waals surface area contributed by atoms with Crippen molar-refractivity contribution in [2.24, 2.45) is 13.0 Å². The molecule has 252 valence electrons.